The predicted octanol–water partition coefficient (Wildman–Crippen LogP) is 3.57. The Morgan fingerprint density at radius 1 is 0.771 bits per heavy atom. The van der Waals surface area contributed by atoms with Gasteiger partial charge in [-0.25, -0.2) is 18.6 Å². The Hall–Kier alpha value is -3.10. The van der Waals surface area contributed by atoms with Crippen LogP contribution in [0.25, 0.3) is 33.2 Å². The van der Waals surface area contributed by atoms with Crippen LogP contribution in [0.3, 0.4) is 0 Å². The third-order valence-electron chi connectivity index (χ3n) is 5.14. The van der Waals surface area contributed by atoms with Gasteiger partial charge in [0.1, 0.15) is 5.75 Å². The molecular weight excluding hydrogens is 484 g/mol. The number of ether oxygens (including phenoxy) is 1. The molecule has 0 bridgehead atoms. The molecule has 180 valence electrons. The first kappa shape index (κ1) is 26.5. The molecular formula is C28H25ClO5S. The molecule has 0 aliphatic heterocycles. The normalized spacial score (nSPS) is 11.4. The molecule has 7 heteroatoms. The van der Waals surface area contributed by atoms with Gasteiger partial charge in [0, 0.05) is 23.8 Å². The molecule has 0 saturated heterocycles. The maximum Gasteiger partial charge on any atom is 0.239 e. The predicted molar refractivity (Wildman–Crippen MR) is 131 cm³/mol. The van der Waals surface area contributed by atoms with Crippen LogP contribution in [0, 0.1) is 10.2 Å². The third kappa shape index (κ3) is 8.56. The quantitative estimate of drug-likeness (QED) is 0.370. The molecule has 4 aromatic rings. The van der Waals surface area contributed by atoms with Crippen LogP contribution in [0.2, 0.25) is 0 Å². The summed E-state index contributed by atoms with van der Waals surface area (Å²) in [6, 6.07) is 34.1. The van der Waals surface area contributed by atoms with Gasteiger partial charge in [-0.2, -0.15) is 0 Å². The zero-order chi connectivity index (χ0) is 25.3. The highest BCUT2D eigenvalue weighted by molar-refractivity contribution is 7.16. The topological polar surface area (TPSA) is 101 Å². The Labute approximate surface area is 211 Å². The molecule has 0 aliphatic carbocycles. The van der Waals surface area contributed by atoms with E-state index in [4.69, 9.17) is 23.4 Å². The van der Waals surface area contributed by atoms with Crippen molar-refractivity contribution in [2.45, 2.75) is 13.3 Å². The third-order valence-corrected chi connectivity index (χ3v) is 6.18. The first-order valence-corrected chi connectivity index (χ1v) is 12.9. The molecule has 1 aromatic heterocycles. The second-order valence-electron chi connectivity index (χ2n) is 7.47. The largest absolute Gasteiger partial charge is 0.497 e. The molecule has 5 nitrogen and oxygen atoms in total. The van der Waals surface area contributed by atoms with Crippen LogP contribution in [-0.4, -0.2) is 7.11 Å². The summed E-state index contributed by atoms with van der Waals surface area (Å²) >= 11 is 1.83. The van der Waals surface area contributed by atoms with Crippen LogP contribution in [0.15, 0.2) is 97.1 Å². The lowest BCUT2D eigenvalue weighted by molar-refractivity contribution is -2.00. The Balaban J connectivity index is 0.000000623. The maximum absolute atomic E-state index is 8.49. The van der Waals surface area contributed by atoms with Gasteiger partial charge in [-0.05, 0) is 52.9 Å². The van der Waals surface area contributed by atoms with E-state index < -0.39 is 10.2 Å². The van der Waals surface area contributed by atoms with Crippen molar-refractivity contribution in [3.8, 4) is 27.3 Å². The monoisotopic (exact) mass is 508 g/mol. The molecule has 0 saturated carbocycles. The molecule has 35 heavy (non-hydrogen) atoms. The van der Waals surface area contributed by atoms with Crippen molar-refractivity contribution in [2.24, 2.45) is 0 Å². The molecule has 0 N–H and O–H groups in total. The fraction of sp³-hybridized carbons (Fsp3) is 0.107. The first-order valence-electron chi connectivity index (χ1n) is 10.8. The van der Waals surface area contributed by atoms with Gasteiger partial charge < -0.3 is 4.74 Å². The van der Waals surface area contributed by atoms with Crippen molar-refractivity contribution in [2.75, 3.05) is 7.11 Å². The summed E-state index contributed by atoms with van der Waals surface area (Å²) in [7, 11) is -3.24. The molecule has 0 spiro atoms. The van der Waals surface area contributed by atoms with E-state index in [0.717, 1.165) is 12.2 Å². The Morgan fingerprint density at radius 2 is 1.31 bits per heavy atom. The van der Waals surface area contributed by atoms with Gasteiger partial charge in [0.25, 0.3) is 0 Å². The summed E-state index contributed by atoms with van der Waals surface area (Å²) in [5.74, 6) is 0.884. The summed E-state index contributed by atoms with van der Waals surface area (Å²) in [6.07, 6.45) is 3.29. The molecule has 4 rings (SSSR count). The van der Waals surface area contributed by atoms with E-state index in [-0.39, 0.29) is 0 Å². The summed E-state index contributed by atoms with van der Waals surface area (Å²) in [6.45, 7) is 2.21. The Kier molecular flexibility index (Phi) is 9.51. The van der Waals surface area contributed by atoms with E-state index in [1.807, 2.05) is 23.5 Å². The zero-order valence-corrected chi connectivity index (χ0v) is 20.9. The van der Waals surface area contributed by atoms with Crippen molar-refractivity contribution in [3.63, 3.8) is 0 Å². The van der Waals surface area contributed by atoms with Gasteiger partial charge in [0.15, 0.2) is 0 Å². The summed E-state index contributed by atoms with van der Waals surface area (Å²) in [5.41, 5.74) is 6.27. The lowest BCUT2D eigenvalue weighted by atomic mass is 10.0. The lowest BCUT2D eigenvalue weighted by Crippen LogP contribution is -2.68. The van der Waals surface area contributed by atoms with E-state index in [9.17, 15) is 0 Å². The molecule has 0 aliphatic rings. The van der Waals surface area contributed by atoms with Crippen LogP contribution < -0.4 is 23.4 Å². The van der Waals surface area contributed by atoms with E-state index in [0.29, 0.717) is 0 Å². The molecule has 0 atom stereocenters. The molecule has 1 heterocycles. The van der Waals surface area contributed by atoms with E-state index in [1.165, 1.54) is 37.6 Å². The minimum atomic E-state index is -4.94. The number of rotatable bonds is 6. The second kappa shape index (κ2) is 12.6. The molecule has 3 aromatic carbocycles. The second-order valence-corrected chi connectivity index (χ2v) is 9.35. The highest BCUT2D eigenvalue weighted by atomic mass is 35.7. The maximum atomic E-state index is 8.49. The smallest absolute Gasteiger partial charge is 0.239 e. The number of allylic oxidation sites excluding steroid dienone is 1. The number of hydrogen-bond acceptors (Lipinski definition) is 5. The minimum absolute atomic E-state index is 0.884. The summed E-state index contributed by atoms with van der Waals surface area (Å²) in [4.78, 5) is 2.52. The van der Waals surface area contributed by atoms with Crippen LogP contribution >= 0.6 is 11.3 Å². The minimum Gasteiger partial charge on any atom is -0.497 e. The van der Waals surface area contributed by atoms with Crippen LogP contribution in [-0.2, 0) is 0 Å². The number of hydrogen-bond donors (Lipinski definition) is 0. The van der Waals surface area contributed by atoms with Crippen LogP contribution in [0.5, 0.6) is 5.75 Å². The number of methoxy groups -OCH3 is 1. The summed E-state index contributed by atoms with van der Waals surface area (Å²) in [5, 5.41) is 0. The molecule has 0 radical (unpaired) electrons. The van der Waals surface area contributed by atoms with Gasteiger partial charge in [0.05, 0.1) is 7.11 Å². The number of benzene rings is 3. The van der Waals surface area contributed by atoms with E-state index >= 15 is 0 Å². The van der Waals surface area contributed by atoms with Crippen molar-refractivity contribution in [1.29, 1.82) is 0 Å². The van der Waals surface area contributed by atoms with Gasteiger partial charge >= 0.3 is 0 Å². The average molecular weight is 509 g/mol. The summed E-state index contributed by atoms with van der Waals surface area (Å²) < 4.78 is 39.3. The first-order chi connectivity index (χ1) is 16.8. The highest BCUT2D eigenvalue weighted by Crippen LogP contribution is 2.35. The Bertz CT molecular complexity index is 1170. The van der Waals surface area contributed by atoms with Crippen molar-refractivity contribution in [1.82, 2.24) is 0 Å². The van der Waals surface area contributed by atoms with Gasteiger partial charge in [-0.15, -0.1) is 10.2 Å². The Morgan fingerprint density at radius 3 is 1.83 bits per heavy atom. The van der Waals surface area contributed by atoms with Crippen molar-refractivity contribution < 1.29 is 33.6 Å². The molecule has 0 unspecified atom stereocenters. The van der Waals surface area contributed by atoms with Crippen molar-refractivity contribution >= 4 is 23.0 Å². The molecule has 0 fully saturated rings. The SMILES string of the molecule is CCC(=Cc1cc(-c2ccccc2)cc(-c2ccccc2)[s+]1)c1ccc(OC)cc1.[O-][Cl+3]([O-])([O-])[O-]. The van der Waals surface area contributed by atoms with E-state index in [2.05, 4.69) is 97.9 Å². The fourth-order valence-corrected chi connectivity index (χ4v) is 4.58. The fourth-order valence-electron chi connectivity index (χ4n) is 3.50. The standard InChI is InChI=1S/C28H25OS.ClHO4/c1-3-21(23-14-16-26(29-2)17-15-23)18-27-19-25(22-10-6-4-7-11-22)20-28(30-27)24-12-8-5-9-13-24;2-1(3,4)5/h4-20H,3H2,1-2H3;(H,2,3,4,5)/q+1;/p-1. The van der Waals surface area contributed by atoms with E-state index in [1.54, 1.807) is 7.11 Å². The van der Waals surface area contributed by atoms with Gasteiger partial charge in [0.2, 0.25) is 21.1 Å². The van der Waals surface area contributed by atoms with Crippen LogP contribution in [0.4, 0.5) is 0 Å². The van der Waals surface area contributed by atoms with Gasteiger partial charge in [-0.1, -0.05) is 67.6 Å². The lowest BCUT2D eigenvalue weighted by Gasteiger charge is -2.17. The zero-order valence-electron chi connectivity index (χ0n) is 19.3. The van der Waals surface area contributed by atoms with Crippen LogP contribution in [0.1, 0.15) is 23.8 Å². The van der Waals surface area contributed by atoms with Gasteiger partial charge in [-0.3, -0.25) is 0 Å². The average Bonchev–Trinajstić information content (AvgIpc) is 2.87. The molecule has 0 amide bonds. The highest BCUT2D eigenvalue weighted by Gasteiger charge is 2.17. The number of halogens is 1. The van der Waals surface area contributed by atoms with Crippen molar-refractivity contribution in [3.05, 3.63) is 108 Å².